The molecule has 2 heterocycles. The fourth-order valence-corrected chi connectivity index (χ4v) is 2.09. The van der Waals surface area contributed by atoms with Crippen LogP contribution in [0.5, 0.6) is 0 Å². The molecule has 2 aliphatic rings. The van der Waals surface area contributed by atoms with Gasteiger partial charge in [0.25, 0.3) is 0 Å². The fraction of sp³-hybridized carbons (Fsp3) is 0.909. The standard InChI is InChI=1S/C11H19NO3/c13-11(10-2-1-4-12-6-10)15-8-9-3-5-14-7-9/h9-10,12H,1-8H2/t9?,10-/m1/s1. The number of nitrogens with one attached hydrogen (secondary N) is 1. The first-order valence-electron chi connectivity index (χ1n) is 5.81. The first-order chi connectivity index (χ1) is 7.36. The lowest BCUT2D eigenvalue weighted by molar-refractivity contribution is -0.150. The van der Waals surface area contributed by atoms with E-state index in [1.165, 1.54) is 0 Å². The molecule has 0 aromatic heterocycles. The van der Waals surface area contributed by atoms with Crippen LogP contribution in [0.2, 0.25) is 0 Å². The first-order valence-corrected chi connectivity index (χ1v) is 5.81. The van der Waals surface area contributed by atoms with Crippen LogP contribution in [0, 0.1) is 11.8 Å². The molecule has 0 saturated carbocycles. The van der Waals surface area contributed by atoms with Gasteiger partial charge >= 0.3 is 5.97 Å². The Morgan fingerprint density at radius 3 is 3.07 bits per heavy atom. The van der Waals surface area contributed by atoms with Crippen molar-refractivity contribution in [3.8, 4) is 0 Å². The van der Waals surface area contributed by atoms with E-state index in [1.807, 2.05) is 0 Å². The monoisotopic (exact) mass is 213 g/mol. The van der Waals surface area contributed by atoms with E-state index in [2.05, 4.69) is 5.32 Å². The van der Waals surface area contributed by atoms with Gasteiger partial charge in [0.05, 0.1) is 19.1 Å². The molecule has 2 atom stereocenters. The quantitative estimate of drug-likeness (QED) is 0.696. The maximum atomic E-state index is 11.7. The van der Waals surface area contributed by atoms with Gasteiger partial charge in [-0.25, -0.2) is 0 Å². The lowest BCUT2D eigenvalue weighted by atomic mass is 10.00. The molecule has 0 amide bonds. The summed E-state index contributed by atoms with van der Waals surface area (Å²) in [5.74, 6) is 0.459. The van der Waals surface area contributed by atoms with Gasteiger partial charge in [0.1, 0.15) is 0 Å². The summed E-state index contributed by atoms with van der Waals surface area (Å²) in [5.41, 5.74) is 0. The molecule has 0 aromatic carbocycles. The molecule has 0 radical (unpaired) electrons. The number of rotatable bonds is 3. The molecule has 4 heteroatoms. The van der Waals surface area contributed by atoms with Crippen LogP contribution in [0.1, 0.15) is 19.3 Å². The fourth-order valence-electron chi connectivity index (χ4n) is 2.09. The van der Waals surface area contributed by atoms with Gasteiger partial charge in [0.15, 0.2) is 0 Å². The molecule has 2 aliphatic heterocycles. The zero-order valence-corrected chi connectivity index (χ0v) is 9.04. The van der Waals surface area contributed by atoms with E-state index in [4.69, 9.17) is 9.47 Å². The summed E-state index contributed by atoms with van der Waals surface area (Å²) in [4.78, 5) is 11.7. The molecular weight excluding hydrogens is 194 g/mol. The number of carbonyl (C=O) groups excluding carboxylic acids is 1. The number of hydrogen-bond acceptors (Lipinski definition) is 4. The maximum Gasteiger partial charge on any atom is 0.310 e. The zero-order valence-electron chi connectivity index (χ0n) is 9.04. The van der Waals surface area contributed by atoms with Crippen LogP contribution in [0.3, 0.4) is 0 Å². The average Bonchev–Trinajstić information content (AvgIpc) is 2.80. The number of carbonyl (C=O) groups is 1. The topological polar surface area (TPSA) is 47.6 Å². The highest BCUT2D eigenvalue weighted by atomic mass is 16.5. The van der Waals surface area contributed by atoms with Crippen LogP contribution in [0.4, 0.5) is 0 Å². The highest BCUT2D eigenvalue weighted by Crippen LogP contribution is 2.15. The summed E-state index contributed by atoms with van der Waals surface area (Å²) in [6.07, 6.45) is 3.06. The van der Waals surface area contributed by atoms with Crippen molar-refractivity contribution >= 4 is 5.97 Å². The van der Waals surface area contributed by atoms with E-state index in [1.54, 1.807) is 0 Å². The van der Waals surface area contributed by atoms with Crippen LogP contribution >= 0.6 is 0 Å². The Morgan fingerprint density at radius 1 is 1.47 bits per heavy atom. The number of hydrogen-bond donors (Lipinski definition) is 1. The minimum Gasteiger partial charge on any atom is -0.465 e. The predicted octanol–water partition coefficient (Wildman–Crippen LogP) is 0.566. The van der Waals surface area contributed by atoms with Gasteiger partial charge in [0.2, 0.25) is 0 Å². The van der Waals surface area contributed by atoms with Crippen molar-refractivity contribution in [2.45, 2.75) is 19.3 Å². The van der Waals surface area contributed by atoms with Crippen molar-refractivity contribution in [1.29, 1.82) is 0 Å². The number of piperidine rings is 1. The number of ether oxygens (including phenoxy) is 2. The molecule has 0 bridgehead atoms. The third-order valence-electron chi connectivity index (χ3n) is 3.12. The van der Waals surface area contributed by atoms with Crippen LogP contribution in [0.25, 0.3) is 0 Å². The van der Waals surface area contributed by atoms with Crippen molar-refractivity contribution in [1.82, 2.24) is 5.32 Å². The van der Waals surface area contributed by atoms with E-state index in [9.17, 15) is 4.79 Å². The van der Waals surface area contributed by atoms with Crippen LogP contribution in [0.15, 0.2) is 0 Å². The molecule has 1 N–H and O–H groups in total. The van der Waals surface area contributed by atoms with Gasteiger partial charge in [-0.15, -0.1) is 0 Å². The van der Waals surface area contributed by atoms with E-state index in [-0.39, 0.29) is 11.9 Å². The van der Waals surface area contributed by atoms with Gasteiger partial charge in [-0.1, -0.05) is 0 Å². The van der Waals surface area contributed by atoms with Crippen molar-refractivity contribution < 1.29 is 14.3 Å². The van der Waals surface area contributed by atoms with Crippen molar-refractivity contribution in [2.24, 2.45) is 11.8 Å². The predicted molar refractivity (Wildman–Crippen MR) is 55.5 cm³/mol. The van der Waals surface area contributed by atoms with E-state index >= 15 is 0 Å². The summed E-state index contributed by atoms with van der Waals surface area (Å²) in [5, 5.41) is 3.22. The largest absolute Gasteiger partial charge is 0.465 e. The molecule has 15 heavy (non-hydrogen) atoms. The molecule has 2 rings (SSSR count). The second-order valence-electron chi connectivity index (χ2n) is 4.40. The Labute approximate surface area is 90.3 Å². The first kappa shape index (κ1) is 10.9. The zero-order chi connectivity index (χ0) is 10.5. The Balaban J connectivity index is 1.66. The summed E-state index contributed by atoms with van der Waals surface area (Å²) < 4.78 is 10.5. The third-order valence-corrected chi connectivity index (χ3v) is 3.12. The Kier molecular flexibility index (Phi) is 3.97. The smallest absolute Gasteiger partial charge is 0.310 e. The molecule has 1 unspecified atom stereocenters. The molecule has 2 fully saturated rings. The van der Waals surface area contributed by atoms with E-state index in [0.29, 0.717) is 12.5 Å². The molecule has 2 saturated heterocycles. The molecule has 86 valence electrons. The summed E-state index contributed by atoms with van der Waals surface area (Å²) >= 11 is 0. The van der Waals surface area contributed by atoms with Gasteiger partial charge in [-0.3, -0.25) is 4.79 Å². The second-order valence-corrected chi connectivity index (χ2v) is 4.40. The van der Waals surface area contributed by atoms with Crippen LogP contribution < -0.4 is 5.32 Å². The van der Waals surface area contributed by atoms with Gasteiger partial charge < -0.3 is 14.8 Å². The highest BCUT2D eigenvalue weighted by Gasteiger charge is 2.24. The van der Waals surface area contributed by atoms with Crippen LogP contribution in [-0.2, 0) is 14.3 Å². The lowest BCUT2D eigenvalue weighted by Crippen LogP contribution is -2.35. The number of esters is 1. The van der Waals surface area contributed by atoms with Gasteiger partial charge in [-0.2, -0.15) is 0 Å². The van der Waals surface area contributed by atoms with Crippen molar-refractivity contribution in [3.05, 3.63) is 0 Å². The Morgan fingerprint density at radius 2 is 2.40 bits per heavy atom. The second kappa shape index (κ2) is 5.47. The van der Waals surface area contributed by atoms with E-state index in [0.717, 1.165) is 45.6 Å². The molecule has 0 aliphatic carbocycles. The third kappa shape index (κ3) is 3.18. The average molecular weight is 213 g/mol. The summed E-state index contributed by atoms with van der Waals surface area (Å²) in [6, 6.07) is 0. The normalized spacial score (nSPS) is 31.5. The van der Waals surface area contributed by atoms with Crippen LogP contribution in [-0.4, -0.2) is 38.9 Å². The Bertz CT molecular complexity index is 208. The van der Waals surface area contributed by atoms with Gasteiger partial charge in [-0.05, 0) is 25.8 Å². The summed E-state index contributed by atoms with van der Waals surface area (Å²) in [7, 11) is 0. The van der Waals surface area contributed by atoms with Crippen molar-refractivity contribution in [3.63, 3.8) is 0 Å². The SMILES string of the molecule is O=C(OCC1CCOC1)[C@@H]1CCCNC1. The molecule has 0 aromatic rings. The minimum absolute atomic E-state index is 0.0332. The maximum absolute atomic E-state index is 11.7. The minimum atomic E-state index is -0.0332. The Hall–Kier alpha value is -0.610. The van der Waals surface area contributed by atoms with Crippen molar-refractivity contribution in [2.75, 3.05) is 32.9 Å². The molecule has 4 nitrogen and oxygen atoms in total. The van der Waals surface area contributed by atoms with Gasteiger partial charge in [0, 0.05) is 19.1 Å². The lowest BCUT2D eigenvalue weighted by Gasteiger charge is -2.21. The highest BCUT2D eigenvalue weighted by molar-refractivity contribution is 5.72. The summed E-state index contributed by atoms with van der Waals surface area (Å²) in [6.45, 7) is 3.90. The van der Waals surface area contributed by atoms with E-state index < -0.39 is 0 Å². The molecular formula is C11H19NO3. The molecule has 0 spiro atoms.